The van der Waals surface area contributed by atoms with Gasteiger partial charge in [-0.25, -0.2) is 0 Å². The first-order chi connectivity index (χ1) is 8.20. The lowest BCUT2D eigenvalue weighted by Gasteiger charge is -2.20. The zero-order chi connectivity index (χ0) is 12.3. The number of hydrogen-bond donors (Lipinski definition) is 1. The number of benzene rings is 1. The van der Waals surface area contributed by atoms with E-state index in [0.717, 1.165) is 18.7 Å². The Balaban J connectivity index is 2.05. The van der Waals surface area contributed by atoms with E-state index in [4.69, 9.17) is 10.5 Å². The van der Waals surface area contributed by atoms with E-state index in [2.05, 4.69) is 38.1 Å². The summed E-state index contributed by atoms with van der Waals surface area (Å²) in [5.41, 5.74) is 7.11. The summed E-state index contributed by atoms with van der Waals surface area (Å²) < 4.78 is 6.09. The van der Waals surface area contributed by atoms with Gasteiger partial charge in [-0.1, -0.05) is 26.0 Å². The molecule has 94 valence electrons. The van der Waals surface area contributed by atoms with Crippen LogP contribution >= 0.6 is 0 Å². The summed E-state index contributed by atoms with van der Waals surface area (Å²) in [5, 5.41) is 0. The third-order valence-corrected chi connectivity index (χ3v) is 3.70. The molecule has 1 aromatic rings. The minimum Gasteiger partial charge on any atom is -0.490 e. The van der Waals surface area contributed by atoms with Gasteiger partial charge < -0.3 is 10.5 Å². The Kier molecular flexibility index (Phi) is 4.06. The zero-order valence-electron chi connectivity index (χ0n) is 10.9. The highest BCUT2D eigenvalue weighted by Gasteiger charge is 2.27. The first kappa shape index (κ1) is 12.4. The van der Waals surface area contributed by atoms with E-state index in [9.17, 15) is 0 Å². The summed E-state index contributed by atoms with van der Waals surface area (Å²) in [6, 6.07) is 8.46. The van der Waals surface area contributed by atoms with Crippen molar-refractivity contribution in [1.29, 1.82) is 0 Å². The summed E-state index contributed by atoms with van der Waals surface area (Å²) in [5.74, 6) is 2.09. The van der Waals surface area contributed by atoms with E-state index in [1.165, 1.54) is 18.4 Å². The highest BCUT2D eigenvalue weighted by molar-refractivity contribution is 5.30. The van der Waals surface area contributed by atoms with Gasteiger partial charge in [-0.2, -0.15) is 0 Å². The van der Waals surface area contributed by atoms with Crippen LogP contribution in [0.4, 0.5) is 0 Å². The van der Waals surface area contributed by atoms with Crippen LogP contribution in [0.5, 0.6) is 5.75 Å². The molecule has 2 unspecified atom stereocenters. The Morgan fingerprint density at radius 1 is 1.35 bits per heavy atom. The Morgan fingerprint density at radius 2 is 2.18 bits per heavy atom. The fraction of sp³-hybridized carbons (Fsp3) is 0.600. The summed E-state index contributed by atoms with van der Waals surface area (Å²) in [6.07, 6.45) is 3.93. The molecule has 2 rings (SSSR count). The number of hydrogen-bond acceptors (Lipinski definition) is 2. The molecule has 1 saturated carbocycles. The molecule has 17 heavy (non-hydrogen) atoms. The molecule has 2 atom stereocenters. The van der Waals surface area contributed by atoms with Crippen molar-refractivity contribution in [3.05, 3.63) is 29.8 Å². The van der Waals surface area contributed by atoms with Crippen LogP contribution in [-0.4, -0.2) is 12.6 Å². The van der Waals surface area contributed by atoms with Crippen molar-refractivity contribution in [1.82, 2.24) is 0 Å². The van der Waals surface area contributed by atoms with Crippen LogP contribution in [0.2, 0.25) is 0 Å². The first-order valence-electron chi connectivity index (χ1n) is 6.67. The third kappa shape index (κ3) is 3.01. The van der Waals surface area contributed by atoms with Gasteiger partial charge in [0.15, 0.2) is 0 Å². The monoisotopic (exact) mass is 233 g/mol. The lowest BCUT2D eigenvalue weighted by molar-refractivity contribution is 0.162. The SMILES string of the molecule is CC(C)c1cccc(OC2CCCC2CN)c1. The highest BCUT2D eigenvalue weighted by atomic mass is 16.5. The van der Waals surface area contributed by atoms with Gasteiger partial charge in [-0.05, 0) is 49.4 Å². The smallest absolute Gasteiger partial charge is 0.120 e. The largest absolute Gasteiger partial charge is 0.490 e. The van der Waals surface area contributed by atoms with Crippen molar-refractivity contribution in [2.75, 3.05) is 6.54 Å². The lowest BCUT2D eigenvalue weighted by atomic mass is 10.0. The maximum absolute atomic E-state index is 6.09. The summed E-state index contributed by atoms with van der Waals surface area (Å²) in [4.78, 5) is 0. The van der Waals surface area contributed by atoms with Crippen molar-refractivity contribution in [3.8, 4) is 5.75 Å². The molecule has 1 aromatic carbocycles. The average Bonchev–Trinajstić information content (AvgIpc) is 2.76. The minimum absolute atomic E-state index is 0.322. The Bertz CT molecular complexity index is 362. The number of ether oxygens (including phenoxy) is 1. The molecule has 2 N–H and O–H groups in total. The second kappa shape index (κ2) is 5.54. The van der Waals surface area contributed by atoms with E-state index in [1.54, 1.807) is 0 Å². The standard InChI is InChI=1S/C15H23NO/c1-11(2)12-5-3-7-14(9-12)17-15-8-4-6-13(15)10-16/h3,5,7,9,11,13,15H,4,6,8,10,16H2,1-2H3. The topological polar surface area (TPSA) is 35.2 Å². The first-order valence-corrected chi connectivity index (χ1v) is 6.67. The van der Waals surface area contributed by atoms with Gasteiger partial charge in [0.05, 0.1) is 0 Å². The van der Waals surface area contributed by atoms with Crippen LogP contribution in [0.3, 0.4) is 0 Å². The molecule has 1 aliphatic rings. The van der Waals surface area contributed by atoms with Gasteiger partial charge in [0, 0.05) is 5.92 Å². The molecule has 0 aliphatic heterocycles. The predicted octanol–water partition coefficient (Wildman–Crippen LogP) is 3.32. The summed E-state index contributed by atoms with van der Waals surface area (Å²) in [7, 11) is 0. The molecular weight excluding hydrogens is 210 g/mol. The van der Waals surface area contributed by atoms with Crippen molar-refractivity contribution in [2.45, 2.75) is 45.1 Å². The molecule has 0 amide bonds. The lowest BCUT2D eigenvalue weighted by Crippen LogP contribution is -2.27. The van der Waals surface area contributed by atoms with Gasteiger partial charge in [-0.3, -0.25) is 0 Å². The number of nitrogens with two attached hydrogens (primary N) is 1. The maximum Gasteiger partial charge on any atom is 0.120 e. The molecule has 0 heterocycles. The van der Waals surface area contributed by atoms with E-state index in [0.29, 0.717) is 17.9 Å². The second-order valence-electron chi connectivity index (χ2n) is 5.31. The molecule has 0 radical (unpaired) electrons. The Morgan fingerprint density at radius 3 is 2.88 bits per heavy atom. The van der Waals surface area contributed by atoms with Gasteiger partial charge in [-0.15, -0.1) is 0 Å². The highest BCUT2D eigenvalue weighted by Crippen LogP contribution is 2.30. The van der Waals surface area contributed by atoms with Crippen LogP contribution in [0.15, 0.2) is 24.3 Å². The van der Waals surface area contributed by atoms with Crippen LogP contribution < -0.4 is 10.5 Å². The molecule has 2 nitrogen and oxygen atoms in total. The molecule has 0 aromatic heterocycles. The normalized spacial score (nSPS) is 24.2. The van der Waals surface area contributed by atoms with Crippen LogP contribution in [0, 0.1) is 5.92 Å². The van der Waals surface area contributed by atoms with E-state index >= 15 is 0 Å². The molecular formula is C15H23NO. The molecule has 2 heteroatoms. The quantitative estimate of drug-likeness (QED) is 0.866. The molecule has 1 aliphatic carbocycles. The maximum atomic E-state index is 6.09. The van der Waals surface area contributed by atoms with Crippen molar-refractivity contribution >= 4 is 0 Å². The van der Waals surface area contributed by atoms with Gasteiger partial charge >= 0.3 is 0 Å². The zero-order valence-corrected chi connectivity index (χ0v) is 10.9. The van der Waals surface area contributed by atoms with Crippen molar-refractivity contribution in [2.24, 2.45) is 11.7 Å². The molecule has 0 bridgehead atoms. The minimum atomic E-state index is 0.322. The summed E-state index contributed by atoms with van der Waals surface area (Å²) >= 11 is 0. The van der Waals surface area contributed by atoms with Crippen LogP contribution in [0.25, 0.3) is 0 Å². The van der Waals surface area contributed by atoms with Gasteiger partial charge in [0.25, 0.3) is 0 Å². The second-order valence-corrected chi connectivity index (χ2v) is 5.31. The van der Waals surface area contributed by atoms with Gasteiger partial charge in [0.1, 0.15) is 11.9 Å². The van der Waals surface area contributed by atoms with E-state index < -0.39 is 0 Å². The third-order valence-electron chi connectivity index (χ3n) is 3.70. The molecule has 1 fully saturated rings. The molecule has 0 spiro atoms. The summed E-state index contributed by atoms with van der Waals surface area (Å²) in [6.45, 7) is 5.16. The van der Waals surface area contributed by atoms with Gasteiger partial charge in [0.2, 0.25) is 0 Å². The van der Waals surface area contributed by atoms with Crippen molar-refractivity contribution in [3.63, 3.8) is 0 Å². The Hall–Kier alpha value is -1.02. The Labute approximate surface area is 104 Å². The number of rotatable bonds is 4. The fourth-order valence-electron chi connectivity index (χ4n) is 2.55. The van der Waals surface area contributed by atoms with Crippen LogP contribution in [-0.2, 0) is 0 Å². The van der Waals surface area contributed by atoms with Crippen LogP contribution in [0.1, 0.15) is 44.6 Å². The van der Waals surface area contributed by atoms with Crippen molar-refractivity contribution < 1.29 is 4.74 Å². The van der Waals surface area contributed by atoms with E-state index in [1.807, 2.05) is 0 Å². The predicted molar refractivity (Wildman–Crippen MR) is 71.3 cm³/mol. The fourth-order valence-corrected chi connectivity index (χ4v) is 2.55. The average molecular weight is 233 g/mol. The molecule has 0 saturated heterocycles. The van der Waals surface area contributed by atoms with E-state index in [-0.39, 0.29) is 0 Å².